The molecule has 3 N–H and O–H groups in total. The maximum Gasteiger partial charge on any atom is 0.255 e. The van der Waals surface area contributed by atoms with Gasteiger partial charge in [-0.3, -0.25) is 4.79 Å². The molecule has 0 heterocycles. The summed E-state index contributed by atoms with van der Waals surface area (Å²) in [6, 6.07) is 9.33. The number of aliphatic hydroxyl groups is 1. The van der Waals surface area contributed by atoms with Gasteiger partial charge in [0.05, 0.1) is 11.0 Å². The van der Waals surface area contributed by atoms with Gasteiger partial charge in [-0.05, 0) is 61.7 Å². The summed E-state index contributed by atoms with van der Waals surface area (Å²) < 4.78 is 41.2. The summed E-state index contributed by atoms with van der Waals surface area (Å²) in [6.45, 7) is 1.59. The van der Waals surface area contributed by atoms with E-state index in [0.29, 0.717) is 24.1 Å². The van der Waals surface area contributed by atoms with E-state index in [1.54, 1.807) is 6.92 Å². The number of anilines is 1. The first-order chi connectivity index (χ1) is 13.3. The van der Waals surface area contributed by atoms with Crippen LogP contribution in [0.4, 0.5) is 10.1 Å². The molecule has 0 aliphatic heterocycles. The first-order valence-electron chi connectivity index (χ1n) is 9.14. The van der Waals surface area contributed by atoms with Crippen molar-refractivity contribution in [3.63, 3.8) is 0 Å². The summed E-state index contributed by atoms with van der Waals surface area (Å²) in [5.41, 5.74) is 0.971. The highest BCUT2D eigenvalue weighted by Crippen LogP contribution is 2.21. The number of hydrogen-bond acceptors (Lipinski definition) is 4. The third-order valence-corrected chi connectivity index (χ3v) is 6.35. The monoisotopic (exact) mass is 406 g/mol. The average Bonchev–Trinajstić information content (AvgIpc) is 2.66. The van der Waals surface area contributed by atoms with E-state index in [-0.39, 0.29) is 16.3 Å². The zero-order valence-corrected chi connectivity index (χ0v) is 16.3. The van der Waals surface area contributed by atoms with E-state index in [1.165, 1.54) is 42.5 Å². The Morgan fingerprint density at radius 2 is 1.89 bits per heavy atom. The van der Waals surface area contributed by atoms with Crippen LogP contribution in [0.1, 0.15) is 41.6 Å². The van der Waals surface area contributed by atoms with Crippen molar-refractivity contribution in [2.24, 2.45) is 0 Å². The molecule has 150 valence electrons. The SMILES string of the molecule is Cc1cc(NC(=O)c2cccc(S(=O)(=O)NC3CCCC[C@@H]3O)c2)ccc1F. The van der Waals surface area contributed by atoms with Crippen molar-refractivity contribution >= 4 is 21.6 Å². The quantitative estimate of drug-likeness (QED) is 0.711. The zero-order chi connectivity index (χ0) is 20.3. The number of aryl methyl sites for hydroxylation is 1. The van der Waals surface area contributed by atoms with Gasteiger partial charge < -0.3 is 10.4 Å². The maximum absolute atomic E-state index is 13.4. The highest BCUT2D eigenvalue weighted by atomic mass is 32.2. The predicted molar refractivity (Wildman–Crippen MR) is 104 cm³/mol. The van der Waals surface area contributed by atoms with Crippen LogP contribution in [0, 0.1) is 12.7 Å². The second kappa shape index (κ2) is 8.38. The highest BCUT2D eigenvalue weighted by Gasteiger charge is 2.28. The fraction of sp³-hybridized carbons (Fsp3) is 0.350. The number of carbonyl (C=O) groups excluding carboxylic acids is 1. The minimum atomic E-state index is -3.87. The lowest BCUT2D eigenvalue weighted by Crippen LogP contribution is -2.44. The van der Waals surface area contributed by atoms with Gasteiger partial charge in [0.25, 0.3) is 5.91 Å². The second-order valence-corrected chi connectivity index (χ2v) is 8.74. The van der Waals surface area contributed by atoms with E-state index < -0.39 is 28.1 Å². The topological polar surface area (TPSA) is 95.5 Å². The Morgan fingerprint density at radius 1 is 1.14 bits per heavy atom. The van der Waals surface area contributed by atoms with E-state index in [1.807, 2.05) is 0 Å². The van der Waals surface area contributed by atoms with Gasteiger partial charge in [-0.2, -0.15) is 0 Å². The Labute approximate surface area is 163 Å². The average molecular weight is 406 g/mol. The van der Waals surface area contributed by atoms with Gasteiger partial charge in [0.15, 0.2) is 0 Å². The number of carbonyl (C=O) groups is 1. The summed E-state index contributed by atoms with van der Waals surface area (Å²) in [4.78, 5) is 12.4. The van der Waals surface area contributed by atoms with Crippen molar-refractivity contribution in [2.75, 3.05) is 5.32 Å². The van der Waals surface area contributed by atoms with Gasteiger partial charge >= 0.3 is 0 Å². The van der Waals surface area contributed by atoms with E-state index in [9.17, 15) is 22.7 Å². The fourth-order valence-electron chi connectivity index (χ4n) is 3.25. The lowest BCUT2D eigenvalue weighted by molar-refractivity contribution is 0.101. The first kappa shape index (κ1) is 20.4. The minimum Gasteiger partial charge on any atom is -0.391 e. The normalized spacial score (nSPS) is 20.0. The van der Waals surface area contributed by atoms with Gasteiger partial charge in [0.2, 0.25) is 10.0 Å². The molecule has 2 atom stereocenters. The Bertz CT molecular complexity index is 978. The molecule has 6 nitrogen and oxygen atoms in total. The van der Waals surface area contributed by atoms with Crippen LogP contribution in [0.3, 0.4) is 0 Å². The minimum absolute atomic E-state index is 0.0480. The molecule has 2 aromatic rings. The predicted octanol–water partition coefficient (Wildman–Crippen LogP) is 2.97. The van der Waals surface area contributed by atoms with Crippen LogP contribution in [0.5, 0.6) is 0 Å². The molecule has 1 saturated carbocycles. The van der Waals surface area contributed by atoms with Gasteiger partial charge in [0.1, 0.15) is 5.82 Å². The van der Waals surface area contributed by atoms with E-state index in [0.717, 1.165) is 12.8 Å². The Hall–Kier alpha value is -2.29. The molecule has 0 aromatic heterocycles. The molecule has 2 aromatic carbocycles. The number of sulfonamides is 1. The van der Waals surface area contributed by atoms with Crippen LogP contribution >= 0.6 is 0 Å². The van der Waals surface area contributed by atoms with Crippen LogP contribution < -0.4 is 10.0 Å². The lowest BCUT2D eigenvalue weighted by Gasteiger charge is -2.28. The number of halogens is 1. The Kier molecular flexibility index (Phi) is 6.12. The molecule has 8 heteroatoms. The Balaban J connectivity index is 1.76. The van der Waals surface area contributed by atoms with E-state index >= 15 is 0 Å². The second-order valence-electron chi connectivity index (χ2n) is 7.03. The van der Waals surface area contributed by atoms with Crippen LogP contribution in [-0.2, 0) is 10.0 Å². The van der Waals surface area contributed by atoms with E-state index in [4.69, 9.17) is 0 Å². The van der Waals surface area contributed by atoms with Crippen molar-refractivity contribution in [3.05, 3.63) is 59.4 Å². The number of nitrogens with one attached hydrogen (secondary N) is 2. The summed E-state index contributed by atoms with van der Waals surface area (Å²) >= 11 is 0. The van der Waals surface area contributed by atoms with Crippen LogP contribution in [-0.4, -0.2) is 31.6 Å². The van der Waals surface area contributed by atoms with Crippen molar-refractivity contribution in [1.29, 1.82) is 0 Å². The third-order valence-electron chi connectivity index (χ3n) is 4.86. The molecular weight excluding hydrogens is 383 g/mol. The number of amides is 1. The van der Waals surface area contributed by atoms with Gasteiger partial charge in [0, 0.05) is 17.3 Å². The van der Waals surface area contributed by atoms with Gasteiger partial charge in [-0.15, -0.1) is 0 Å². The summed E-state index contributed by atoms with van der Waals surface area (Å²) in [6.07, 6.45) is 2.15. The molecule has 3 rings (SSSR count). The standard InChI is InChI=1S/C20H23FN2O4S/c1-13-11-15(9-10-17(13)21)22-20(25)14-5-4-6-16(12-14)28(26,27)23-18-7-2-3-8-19(18)24/h4-6,9-12,18-19,23-24H,2-3,7-8H2,1H3,(H,22,25)/t18?,19-/m0/s1. The molecule has 1 amide bonds. The summed E-state index contributed by atoms with van der Waals surface area (Å²) in [5, 5.41) is 12.6. The lowest BCUT2D eigenvalue weighted by atomic mass is 9.93. The van der Waals surface area contributed by atoms with Crippen molar-refractivity contribution in [3.8, 4) is 0 Å². The number of benzene rings is 2. The van der Waals surface area contributed by atoms with Crippen molar-refractivity contribution < 1.29 is 22.7 Å². The number of hydrogen-bond donors (Lipinski definition) is 3. The van der Waals surface area contributed by atoms with Crippen LogP contribution in [0.15, 0.2) is 47.4 Å². The fourth-order valence-corrected chi connectivity index (χ4v) is 4.60. The Morgan fingerprint density at radius 3 is 2.61 bits per heavy atom. The van der Waals surface area contributed by atoms with Crippen molar-refractivity contribution in [1.82, 2.24) is 4.72 Å². The molecule has 0 saturated heterocycles. The first-order valence-corrected chi connectivity index (χ1v) is 10.6. The largest absolute Gasteiger partial charge is 0.391 e. The molecule has 1 fully saturated rings. The zero-order valence-electron chi connectivity index (χ0n) is 15.5. The molecule has 28 heavy (non-hydrogen) atoms. The molecule has 0 radical (unpaired) electrons. The van der Waals surface area contributed by atoms with Crippen molar-refractivity contribution in [2.45, 2.75) is 49.6 Å². The molecule has 0 bridgehead atoms. The maximum atomic E-state index is 13.4. The summed E-state index contributed by atoms with van der Waals surface area (Å²) in [5.74, 6) is -0.872. The van der Waals surface area contributed by atoms with E-state index in [2.05, 4.69) is 10.0 Å². The molecule has 1 unspecified atom stereocenters. The molecule has 1 aliphatic rings. The number of rotatable bonds is 5. The highest BCUT2D eigenvalue weighted by molar-refractivity contribution is 7.89. The molecule has 0 spiro atoms. The van der Waals surface area contributed by atoms with Crippen LogP contribution in [0.25, 0.3) is 0 Å². The molecular formula is C20H23FN2O4S. The molecule has 1 aliphatic carbocycles. The number of aliphatic hydroxyl groups excluding tert-OH is 1. The summed E-state index contributed by atoms with van der Waals surface area (Å²) in [7, 11) is -3.87. The smallest absolute Gasteiger partial charge is 0.255 e. The van der Waals surface area contributed by atoms with Gasteiger partial charge in [-0.1, -0.05) is 18.9 Å². The van der Waals surface area contributed by atoms with Gasteiger partial charge in [-0.25, -0.2) is 17.5 Å². The van der Waals surface area contributed by atoms with Crippen LogP contribution in [0.2, 0.25) is 0 Å². The third kappa shape index (κ3) is 4.76.